The van der Waals surface area contributed by atoms with Crippen LogP contribution in [-0.4, -0.2) is 29.3 Å². The molecule has 6 heteroatoms. The van der Waals surface area contributed by atoms with Gasteiger partial charge in [-0.3, -0.25) is 4.79 Å². The van der Waals surface area contributed by atoms with E-state index >= 15 is 0 Å². The predicted octanol–water partition coefficient (Wildman–Crippen LogP) is 2.68. The van der Waals surface area contributed by atoms with Gasteiger partial charge in [0.2, 0.25) is 0 Å². The molecule has 0 aliphatic carbocycles. The highest BCUT2D eigenvalue weighted by Gasteiger charge is 2.22. The van der Waals surface area contributed by atoms with Crippen molar-refractivity contribution in [1.82, 2.24) is 9.55 Å². The van der Waals surface area contributed by atoms with Crippen molar-refractivity contribution < 1.29 is 4.74 Å². The SMILES string of the molecule is CCOCCNc1nc(Br)c2n(c1=O)CCc1ccccc1-2. The van der Waals surface area contributed by atoms with E-state index in [9.17, 15) is 4.79 Å². The van der Waals surface area contributed by atoms with Gasteiger partial charge in [0.25, 0.3) is 5.56 Å². The number of ether oxygens (including phenoxy) is 1. The average Bonchev–Trinajstić information content (AvgIpc) is 2.55. The van der Waals surface area contributed by atoms with Gasteiger partial charge in [-0.25, -0.2) is 4.98 Å². The average molecular weight is 364 g/mol. The van der Waals surface area contributed by atoms with Crippen LogP contribution in [0.4, 0.5) is 5.82 Å². The quantitative estimate of drug-likeness (QED) is 0.829. The summed E-state index contributed by atoms with van der Waals surface area (Å²) in [6.45, 7) is 4.41. The van der Waals surface area contributed by atoms with E-state index in [4.69, 9.17) is 4.74 Å². The number of halogens is 1. The number of nitrogens with one attached hydrogen (secondary N) is 1. The Labute approximate surface area is 137 Å². The van der Waals surface area contributed by atoms with E-state index in [1.54, 1.807) is 4.57 Å². The zero-order valence-electron chi connectivity index (χ0n) is 12.4. The molecule has 0 bridgehead atoms. The molecule has 0 spiro atoms. The standard InChI is InChI=1S/C16H18BrN3O2/c1-2-22-10-8-18-15-16(21)20-9-7-11-5-3-4-6-12(11)13(20)14(17)19-15/h3-6H,2,7-10H2,1H3,(H,18,19). The molecule has 2 aromatic rings. The van der Waals surface area contributed by atoms with Crippen molar-refractivity contribution in [3.63, 3.8) is 0 Å². The van der Waals surface area contributed by atoms with Crippen LogP contribution in [0.25, 0.3) is 11.3 Å². The predicted molar refractivity (Wildman–Crippen MR) is 90.3 cm³/mol. The van der Waals surface area contributed by atoms with Gasteiger partial charge < -0.3 is 14.6 Å². The first-order valence-electron chi connectivity index (χ1n) is 7.42. The maximum atomic E-state index is 12.6. The van der Waals surface area contributed by atoms with Crippen molar-refractivity contribution in [2.24, 2.45) is 0 Å². The summed E-state index contributed by atoms with van der Waals surface area (Å²) >= 11 is 3.52. The molecule has 0 fully saturated rings. The second-order valence-corrected chi connectivity index (χ2v) is 5.84. The van der Waals surface area contributed by atoms with Crippen LogP contribution < -0.4 is 10.9 Å². The minimum atomic E-state index is -0.0794. The smallest absolute Gasteiger partial charge is 0.293 e. The Morgan fingerprint density at radius 1 is 1.41 bits per heavy atom. The Hall–Kier alpha value is -1.66. The molecule has 1 N–H and O–H groups in total. The molecule has 1 aromatic heterocycles. The van der Waals surface area contributed by atoms with E-state index in [-0.39, 0.29) is 5.56 Å². The van der Waals surface area contributed by atoms with Gasteiger partial charge in [0.15, 0.2) is 5.82 Å². The molecule has 0 saturated heterocycles. The molecule has 1 aliphatic heterocycles. The Bertz CT molecular complexity index is 743. The summed E-state index contributed by atoms with van der Waals surface area (Å²) < 4.78 is 7.76. The Morgan fingerprint density at radius 2 is 2.23 bits per heavy atom. The van der Waals surface area contributed by atoms with E-state index in [0.717, 1.165) is 17.7 Å². The third kappa shape index (κ3) is 2.80. The van der Waals surface area contributed by atoms with Crippen LogP contribution in [-0.2, 0) is 17.7 Å². The molecule has 1 aromatic carbocycles. The number of hydrogen-bond acceptors (Lipinski definition) is 4. The first-order chi connectivity index (χ1) is 10.7. The third-order valence-electron chi connectivity index (χ3n) is 3.74. The summed E-state index contributed by atoms with van der Waals surface area (Å²) in [7, 11) is 0. The molecule has 3 rings (SSSR count). The molecule has 2 heterocycles. The fraction of sp³-hybridized carbons (Fsp3) is 0.375. The van der Waals surface area contributed by atoms with E-state index in [1.165, 1.54) is 5.56 Å². The Kier molecular flexibility index (Phi) is 4.59. The molecule has 0 saturated carbocycles. The molecule has 0 amide bonds. The molecular formula is C16H18BrN3O2. The number of nitrogens with zero attached hydrogens (tertiary/aromatic N) is 2. The fourth-order valence-corrected chi connectivity index (χ4v) is 3.32. The van der Waals surface area contributed by atoms with Crippen LogP contribution in [0.15, 0.2) is 33.7 Å². The van der Waals surface area contributed by atoms with Crippen molar-refractivity contribution in [2.75, 3.05) is 25.1 Å². The van der Waals surface area contributed by atoms with Crippen molar-refractivity contribution in [2.45, 2.75) is 19.9 Å². The number of hydrogen-bond donors (Lipinski definition) is 1. The zero-order chi connectivity index (χ0) is 15.5. The molecular weight excluding hydrogens is 346 g/mol. The summed E-state index contributed by atoms with van der Waals surface area (Å²) in [6, 6.07) is 8.15. The van der Waals surface area contributed by atoms with Gasteiger partial charge in [0.1, 0.15) is 4.60 Å². The van der Waals surface area contributed by atoms with Crippen LogP contribution in [0.3, 0.4) is 0 Å². The van der Waals surface area contributed by atoms with E-state index in [1.807, 2.05) is 25.1 Å². The van der Waals surface area contributed by atoms with Crippen molar-refractivity contribution in [3.05, 3.63) is 44.8 Å². The highest BCUT2D eigenvalue weighted by atomic mass is 79.9. The molecule has 0 radical (unpaired) electrons. The lowest BCUT2D eigenvalue weighted by Crippen LogP contribution is -2.30. The third-order valence-corrected chi connectivity index (χ3v) is 4.30. The first kappa shape index (κ1) is 15.2. The number of fused-ring (bicyclic) bond motifs is 3. The first-order valence-corrected chi connectivity index (χ1v) is 8.22. The Balaban J connectivity index is 1.97. The van der Waals surface area contributed by atoms with Gasteiger partial charge in [-0.05, 0) is 34.8 Å². The van der Waals surface area contributed by atoms with Crippen LogP contribution in [0.5, 0.6) is 0 Å². The number of aryl methyl sites for hydroxylation is 1. The summed E-state index contributed by atoms with van der Waals surface area (Å²) in [5.74, 6) is 0.370. The van der Waals surface area contributed by atoms with Crippen LogP contribution >= 0.6 is 15.9 Å². The van der Waals surface area contributed by atoms with Crippen molar-refractivity contribution >= 4 is 21.7 Å². The minimum Gasteiger partial charge on any atom is -0.380 e. The van der Waals surface area contributed by atoms with Crippen LogP contribution in [0.2, 0.25) is 0 Å². The van der Waals surface area contributed by atoms with Crippen LogP contribution in [0.1, 0.15) is 12.5 Å². The van der Waals surface area contributed by atoms with Gasteiger partial charge in [0, 0.05) is 25.3 Å². The summed E-state index contributed by atoms with van der Waals surface area (Å²) in [5.41, 5.74) is 3.11. The molecule has 0 atom stereocenters. The van der Waals surface area contributed by atoms with Crippen molar-refractivity contribution in [3.8, 4) is 11.3 Å². The molecule has 5 nitrogen and oxygen atoms in total. The fourth-order valence-electron chi connectivity index (χ4n) is 2.71. The van der Waals surface area contributed by atoms with E-state index in [2.05, 4.69) is 32.3 Å². The number of aromatic nitrogens is 2. The lowest BCUT2D eigenvalue weighted by Gasteiger charge is -2.23. The number of benzene rings is 1. The second kappa shape index (κ2) is 6.62. The Morgan fingerprint density at radius 3 is 3.05 bits per heavy atom. The maximum absolute atomic E-state index is 12.6. The highest BCUT2D eigenvalue weighted by Crippen LogP contribution is 2.32. The molecule has 1 aliphatic rings. The monoisotopic (exact) mass is 363 g/mol. The van der Waals surface area contributed by atoms with E-state index in [0.29, 0.717) is 36.7 Å². The number of anilines is 1. The summed E-state index contributed by atoms with van der Waals surface area (Å²) in [6.07, 6.45) is 0.859. The summed E-state index contributed by atoms with van der Waals surface area (Å²) in [4.78, 5) is 17.0. The van der Waals surface area contributed by atoms with Gasteiger partial charge in [-0.15, -0.1) is 0 Å². The second-order valence-electron chi connectivity index (χ2n) is 5.09. The van der Waals surface area contributed by atoms with Gasteiger partial charge in [0.05, 0.1) is 12.3 Å². The lowest BCUT2D eigenvalue weighted by atomic mass is 9.98. The van der Waals surface area contributed by atoms with Gasteiger partial charge in [-0.1, -0.05) is 24.3 Å². The number of rotatable bonds is 5. The highest BCUT2D eigenvalue weighted by molar-refractivity contribution is 9.10. The molecule has 116 valence electrons. The van der Waals surface area contributed by atoms with Crippen molar-refractivity contribution in [1.29, 1.82) is 0 Å². The topological polar surface area (TPSA) is 56.1 Å². The van der Waals surface area contributed by atoms with E-state index < -0.39 is 0 Å². The van der Waals surface area contributed by atoms with Gasteiger partial charge in [-0.2, -0.15) is 0 Å². The lowest BCUT2D eigenvalue weighted by molar-refractivity contribution is 0.158. The van der Waals surface area contributed by atoms with Gasteiger partial charge >= 0.3 is 0 Å². The molecule has 22 heavy (non-hydrogen) atoms. The largest absolute Gasteiger partial charge is 0.380 e. The normalized spacial score (nSPS) is 12.6. The zero-order valence-corrected chi connectivity index (χ0v) is 14.0. The summed E-state index contributed by atoms with van der Waals surface area (Å²) in [5, 5.41) is 3.06. The molecule has 0 unspecified atom stereocenters. The minimum absolute atomic E-state index is 0.0794. The van der Waals surface area contributed by atoms with Crippen LogP contribution in [0, 0.1) is 0 Å². The maximum Gasteiger partial charge on any atom is 0.293 e.